The highest BCUT2D eigenvalue weighted by atomic mass is 16.5. The van der Waals surface area contributed by atoms with Gasteiger partial charge in [0.15, 0.2) is 0 Å². The first-order valence-electron chi connectivity index (χ1n) is 9.93. The van der Waals surface area contributed by atoms with E-state index in [9.17, 15) is 4.79 Å². The number of nitrogens with zero attached hydrogens (tertiary/aromatic N) is 4. The van der Waals surface area contributed by atoms with Crippen LogP contribution in [0.2, 0.25) is 0 Å². The lowest BCUT2D eigenvalue weighted by atomic mass is 10.1. The van der Waals surface area contributed by atoms with Crippen LogP contribution in [0.1, 0.15) is 55.4 Å². The molecule has 1 aliphatic heterocycles. The van der Waals surface area contributed by atoms with Gasteiger partial charge in [0.05, 0.1) is 18.4 Å². The van der Waals surface area contributed by atoms with Crippen LogP contribution in [0, 0.1) is 5.92 Å². The van der Waals surface area contributed by atoms with Gasteiger partial charge in [0.25, 0.3) is 5.91 Å². The van der Waals surface area contributed by atoms with Crippen molar-refractivity contribution in [3.8, 4) is 0 Å². The number of hydrogen-bond acceptors (Lipinski definition) is 4. The number of pyridine rings is 1. The highest BCUT2D eigenvalue weighted by Crippen LogP contribution is 2.19. The topological polar surface area (TPSA) is 60.2 Å². The van der Waals surface area contributed by atoms with Gasteiger partial charge in [0, 0.05) is 32.0 Å². The summed E-state index contributed by atoms with van der Waals surface area (Å²) >= 11 is 0. The van der Waals surface area contributed by atoms with Crippen molar-refractivity contribution < 1.29 is 9.53 Å². The summed E-state index contributed by atoms with van der Waals surface area (Å²) in [5.41, 5.74) is 2.75. The maximum absolute atomic E-state index is 13.1. The van der Waals surface area contributed by atoms with E-state index in [1.807, 2.05) is 40.9 Å². The molecule has 1 aliphatic rings. The second-order valence-corrected chi connectivity index (χ2v) is 7.62. The molecule has 0 saturated carbocycles. The van der Waals surface area contributed by atoms with Crippen molar-refractivity contribution in [3.63, 3.8) is 0 Å². The number of hydrogen-bond donors (Lipinski definition) is 0. The Balaban J connectivity index is 1.63. The van der Waals surface area contributed by atoms with Crippen LogP contribution in [-0.2, 0) is 24.3 Å². The predicted octanol–water partition coefficient (Wildman–Crippen LogP) is 3.32. The van der Waals surface area contributed by atoms with Crippen LogP contribution >= 0.6 is 0 Å². The molecule has 6 heteroatoms. The van der Waals surface area contributed by atoms with Gasteiger partial charge in [-0.2, -0.15) is 5.10 Å². The largest absolute Gasteiger partial charge is 0.372 e. The number of aromatic nitrogens is 3. The van der Waals surface area contributed by atoms with Crippen molar-refractivity contribution in [3.05, 3.63) is 47.5 Å². The molecule has 0 aromatic carbocycles. The Kier molecular flexibility index (Phi) is 6.61. The molecule has 1 atom stereocenters. The quantitative estimate of drug-likeness (QED) is 0.750. The zero-order valence-corrected chi connectivity index (χ0v) is 16.6. The molecule has 0 aliphatic carbocycles. The average molecular weight is 370 g/mol. The minimum absolute atomic E-state index is 0.0639. The third-order valence-corrected chi connectivity index (χ3v) is 4.84. The van der Waals surface area contributed by atoms with Crippen molar-refractivity contribution in [1.82, 2.24) is 19.7 Å². The smallest absolute Gasteiger partial charge is 0.272 e. The fourth-order valence-electron chi connectivity index (χ4n) is 3.52. The van der Waals surface area contributed by atoms with Crippen molar-refractivity contribution in [2.24, 2.45) is 5.92 Å². The second-order valence-electron chi connectivity index (χ2n) is 7.62. The number of ether oxygens (including phenoxy) is 1. The number of carbonyl (C=O) groups is 1. The standard InChI is InChI=1S/C21H30N4O2/c1-4-25-20(12-18(23-25)11-16(2)3)21(26)24-10-6-8-19(14-24)27-15-17-7-5-9-22-13-17/h5,7,9,12-13,16,19H,4,6,8,10-11,14-15H2,1-3H3. The summed E-state index contributed by atoms with van der Waals surface area (Å²) in [5, 5.41) is 4.61. The van der Waals surface area contributed by atoms with E-state index in [0.29, 0.717) is 31.3 Å². The molecule has 0 N–H and O–H groups in total. The van der Waals surface area contributed by atoms with Crippen LogP contribution in [0.5, 0.6) is 0 Å². The zero-order valence-electron chi connectivity index (χ0n) is 16.6. The third-order valence-electron chi connectivity index (χ3n) is 4.84. The molecular formula is C21H30N4O2. The van der Waals surface area contributed by atoms with Crippen molar-refractivity contribution in [2.75, 3.05) is 13.1 Å². The molecule has 1 saturated heterocycles. The summed E-state index contributed by atoms with van der Waals surface area (Å²) in [6.07, 6.45) is 6.48. The predicted molar refractivity (Wildman–Crippen MR) is 104 cm³/mol. The Hall–Kier alpha value is -2.21. The van der Waals surface area contributed by atoms with Gasteiger partial charge in [-0.25, -0.2) is 0 Å². The van der Waals surface area contributed by atoms with E-state index < -0.39 is 0 Å². The second kappa shape index (κ2) is 9.13. The van der Waals surface area contributed by atoms with E-state index in [1.54, 1.807) is 6.20 Å². The fraction of sp³-hybridized carbons (Fsp3) is 0.571. The molecular weight excluding hydrogens is 340 g/mol. The van der Waals surface area contributed by atoms with Gasteiger partial charge in [-0.1, -0.05) is 19.9 Å². The maximum Gasteiger partial charge on any atom is 0.272 e. The van der Waals surface area contributed by atoms with Crippen molar-refractivity contribution in [1.29, 1.82) is 0 Å². The molecule has 2 aromatic rings. The number of aryl methyl sites for hydroxylation is 1. The summed E-state index contributed by atoms with van der Waals surface area (Å²) in [4.78, 5) is 19.1. The van der Waals surface area contributed by atoms with E-state index >= 15 is 0 Å². The lowest BCUT2D eigenvalue weighted by Crippen LogP contribution is -2.43. The Morgan fingerprint density at radius 2 is 2.26 bits per heavy atom. The zero-order chi connectivity index (χ0) is 19.2. The maximum atomic E-state index is 13.1. The van der Waals surface area contributed by atoms with Crippen LogP contribution in [0.3, 0.4) is 0 Å². The van der Waals surface area contributed by atoms with Gasteiger partial charge in [0.2, 0.25) is 0 Å². The van der Waals surface area contributed by atoms with Crippen molar-refractivity contribution >= 4 is 5.91 Å². The summed E-state index contributed by atoms with van der Waals surface area (Å²) in [6, 6.07) is 5.89. The highest BCUT2D eigenvalue weighted by molar-refractivity contribution is 5.92. The van der Waals surface area contributed by atoms with Gasteiger partial charge >= 0.3 is 0 Å². The molecule has 3 heterocycles. The van der Waals surface area contributed by atoms with E-state index in [1.165, 1.54) is 0 Å². The molecule has 1 amide bonds. The number of amides is 1. The molecule has 1 fully saturated rings. The van der Waals surface area contributed by atoms with E-state index in [2.05, 4.69) is 23.9 Å². The van der Waals surface area contributed by atoms with Crippen LogP contribution in [0.15, 0.2) is 30.6 Å². The molecule has 0 radical (unpaired) electrons. The van der Waals surface area contributed by atoms with Gasteiger partial charge in [-0.3, -0.25) is 14.5 Å². The molecule has 1 unspecified atom stereocenters. The SMILES string of the molecule is CCn1nc(CC(C)C)cc1C(=O)N1CCCC(OCc2cccnc2)C1. The molecule has 2 aromatic heterocycles. The number of rotatable bonds is 7. The van der Waals surface area contributed by atoms with Gasteiger partial charge in [0.1, 0.15) is 5.69 Å². The minimum atomic E-state index is 0.0639. The van der Waals surface area contributed by atoms with Crippen molar-refractivity contribution in [2.45, 2.75) is 59.3 Å². The lowest BCUT2D eigenvalue weighted by Gasteiger charge is -2.32. The highest BCUT2D eigenvalue weighted by Gasteiger charge is 2.27. The van der Waals surface area contributed by atoms with Crippen LogP contribution in [0.4, 0.5) is 0 Å². The minimum Gasteiger partial charge on any atom is -0.372 e. The molecule has 0 bridgehead atoms. The summed E-state index contributed by atoms with van der Waals surface area (Å²) < 4.78 is 7.88. The number of likely N-dealkylation sites (tertiary alicyclic amines) is 1. The van der Waals surface area contributed by atoms with Crippen LogP contribution < -0.4 is 0 Å². The molecule has 27 heavy (non-hydrogen) atoms. The molecule has 0 spiro atoms. The summed E-state index contributed by atoms with van der Waals surface area (Å²) in [5.74, 6) is 0.586. The Bertz CT molecular complexity index is 742. The molecule has 3 rings (SSSR count). The summed E-state index contributed by atoms with van der Waals surface area (Å²) in [6.45, 7) is 9.01. The van der Waals surface area contributed by atoms with Gasteiger partial charge in [-0.15, -0.1) is 0 Å². The molecule has 6 nitrogen and oxygen atoms in total. The van der Waals surface area contributed by atoms with Crippen LogP contribution in [-0.4, -0.2) is 44.8 Å². The average Bonchev–Trinajstić information content (AvgIpc) is 3.09. The first kappa shape index (κ1) is 19.5. The lowest BCUT2D eigenvalue weighted by molar-refractivity contribution is -0.00713. The number of carbonyl (C=O) groups excluding carboxylic acids is 1. The van der Waals surface area contributed by atoms with E-state index in [4.69, 9.17) is 4.74 Å². The van der Waals surface area contributed by atoms with Gasteiger partial charge < -0.3 is 9.64 Å². The Morgan fingerprint density at radius 1 is 1.41 bits per heavy atom. The third kappa shape index (κ3) is 5.16. The van der Waals surface area contributed by atoms with Gasteiger partial charge in [-0.05, 0) is 49.8 Å². The molecule has 146 valence electrons. The van der Waals surface area contributed by atoms with E-state index in [0.717, 1.165) is 37.1 Å². The Labute approximate surface area is 161 Å². The first-order chi connectivity index (χ1) is 13.1. The van der Waals surface area contributed by atoms with E-state index in [-0.39, 0.29) is 12.0 Å². The van der Waals surface area contributed by atoms with Crippen LogP contribution in [0.25, 0.3) is 0 Å². The monoisotopic (exact) mass is 370 g/mol. The Morgan fingerprint density at radius 3 is 2.96 bits per heavy atom. The fourth-order valence-corrected chi connectivity index (χ4v) is 3.52. The summed E-state index contributed by atoms with van der Waals surface area (Å²) in [7, 11) is 0. The first-order valence-corrected chi connectivity index (χ1v) is 9.93. The number of piperidine rings is 1. The normalized spacial score (nSPS) is 17.5.